The molecule has 0 amide bonds. The van der Waals surface area contributed by atoms with Crippen LogP contribution in [-0.4, -0.2) is 40.6 Å². The van der Waals surface area contributed by atoms with Crippen molar-refractivity contribution >= 4 is 0 Å². The molecule has 0 unspecified atom stereocenters. The van der Waals surface area contributed by atoms with Crippen molar-refractivity contribution < 1.29 is 5.11 Å². The molecule has 3 heteroatoms. The van der Waals surface area contributed by atoms with Gasteiger partial charge in [-0.05, 0) is 61.5 Å². The van der Waals surface area contributed by atoms with E-state index in [1.54, 1.807) is 0 Å². The van der Waals surface area contributed by atoms with E-state index in [0.29, 0.717) is 18.3 Å². The number of likely N-dealkylation sites (tertiary alicyclic amines) is 1. The molecule has 3 nitrogen and oxygen atoms in total. The summed E-state index contributed by atoms with van der Waals surface area (Å²) in [6, 6.07) is 47.8. The van der Waals surface area contributed by atoms with Crippen LogP contribution in [-0.2, 0) is 18.5 Å². The molecule has 0 spiro atoms. The molecule has 1 aliphatic heterocycles. The van der Waals surface area contributed by atoms with Crippen molar-refractivity contribution in [2.45, 2.75) is 64.1 Å². The van der Waals surface area contributed by atoms with E-state index in [1.165, 1.54) is 44.3 Å². The molecule has 1 saturated heterocycles. The number of nitrogens with zero attached hydrogens (tertiary/aromatic N) is 2. The minimum Gasteiger partial charge on any atom is -0.507 e. The van der Waals surface area contributed by atoms with E-state index in [-0.39, 0.29) is 0 Å². The van der Waals surface area contributed by atoms with Crippen LogP contribution in [0.4, 0.5) is 0 Å². The maximum atomic E-state index is 12.5. The van der Waals surface area contributed by atoms with Gasteiger partial charge in [0.15, 0.2) is 0 Å². The Morgan fingerprint density at radius 3 is 1.83 bits per heavy atom. The van der Waals surface area contributed by atoms with Crippen LogP contribution in [0, 0.1) is 6.92 Å². The molecule has 1 fully saturated rings. The van der Waals surface area contributed by atoms with Crippen LogP contribution in [0.15, 0.2) is 133 Å². The zero-order valence-corrected chi connectivity index (χ0v) is 27.5. The molecule has 5 aromatic carbocycles. The molecule has 1 heterocycles. The first-order valence-corrected chi connectivity index (χ1v) is 17.1. The van der Waals surface area contributed by atoms with Gasteiger partial charge in [-0.3, -0.25) is 9.80 Å². The molecule has 1 N–H and O–H groups in total. The van der Waals surface area contributed by atoms with Crippen molar-refractivity contribution in [3.05, 3.63) is 172 Å². The standard InChI is InChI=1S/C43H48N2O/c1-3-4-27-45-28-17-26-40(45)33-44(31-35-18-9-5-10-19-35)32-36-29-34(2)30-41(42(36)46)43(37-20-11-6-12-21-37,38-22-13-7-14-23-38)39-24-15-8-16-25-39/h5-16,18-25,29-30,40,46H,3-4,17,26-28,31-33H2,1-2H3/t40-/m1/s1. The summed E-state index contributed by atoms with van der Waals surface area (Å²) in [4.78, 5) is 5.27. The number of hydrogen-bond donors (Lipinski definition) is 1. The molecule has 1 aliphatic rings. The zero-order chi connectivity index (χ0) is 31.8. The summed E-state index contributed by atoms with van der Waals surface area (Å²) < 4.78 is 0. The molecule has 0 radical (unpaired) electrons. The van der Waals surface area contributed by atoms with Crippen molar-refractivity contribution in [3.63, 3.8) is 0 Å². The molecule has 0 saturated carbocycles. The number of phenols is 1. The van der Waals surface area contributed by atoms with E-state index >= 15 is 0 Å². The van der Waals surface area contributed by atoms with E-state index in [4.69, 9.17) is 0 Å². The van der Waals surface area contributed by atoms with Gasteiger partial charge in [-0.1, -0.05) is 152 Å². The van der Waals surface area contributed by atoms with Gasteiger partial charge in [-0.25, -0.2) is 0 Å². The SMILES string of the molecule is CCCCN1CCC[C@@H]1CN(Cc1ccccc1)Cc1cc(C)cc(C(c2ccccc2)(c2ccccc2)c2ccccc2)c1O. The molecule has 1 atom stereocenters. The summed E-state index contributed by atoms with van der Waals surface area (Å²) in [6.45, 7) is 9.34. The molecule has 46 heavy (non-hydrogen) atoms. The van der Waals surface area contributed by atoms with Gasteiger partial charge in [0.1, 0.15) is 5.75 Å². The third-order valence-electron chi connectivity index (χ3n) is 9.77. The quantitative estimate of drug-likeness (QED) is 0.135. The van der Waals surface area contributed by atoms with E-state index < -0.39 is 5.41 Å². The van der Waals surface area contributed by atoms with Crippen molar-refractivity contribution in [1.29, 1.82) is 0 Å². The van der Waals surface area contributed by atoms with Gasteiger partial charge >= 0.3 is 0 Å². The van der Waals surface area contributed by atoms with Crippen LogP contribution in [0.1, 0.15) is 71.6 Å². The average Bonchev–Trinajstić information content (AvgIpc) is 3.54. The lowest BCUT2D eigenvalue weighted by molar-refractivity contribution is 0.159. The smallest absolute Gasteiger partial charge is 0.124 e. The lowest BCUT2D eigenvalue weighted by atomic mass is 9.64. The highest BCUT2D eigenvalue weighted by Gasteiger charge is 2.41. The van der Waals surface area contributed by atoms with Crippen LogP contribution in [0.2, 0.25) is 0 Å². The predicted octanol–water partition coefficient (Wildman–Crippen LogP) is 9.35. The number of hydrogen-bond acceptors (Lipinski definition) is 3. The molecule has 0 bridgehead atoms. The van der Waals surface area contributed by atoms with Gasteiger partial charge in [-0.15, -0.1) is 0 Å². The Labute approximate surface area is 276 Å². The Morgan fingerprint density at radius 2 is 1.28 bits per heavy atom. The van der Waals surface area contributed by atoms with Crippen molar-refractivity contribution in [3.8, 4) is 5.75 Å². The summed E-state index contributed by atoms with van der Waals surface area (Å²) in [6.07, 6.45) is 4.97. The van der Waals surface area contributed by atoms with Crippen molar-refractivity contribution in [1.82, 2.24) is 9.80 Å². The van der Waals surface area contributed by atoms with Crippen LogP contribution >= 0.6 is 0 Å². The van der Waals surface area contributed by atoms with Crippen LogP contribution in [0.25, 0.3) is 0 Å². The van der Waals surface area contributed by atoms with Gasteiger partial charge in [0.05, 0.1) is 5.41 Å². The maximum Gasteiger partial charge on any atom is 0.124 e. The van der Waals surface area contributed by atoms with E-state index in [9.17, 15) is 5.11 Å². The van der Waals surface area contributed by atoms with E-state index in [2.05, 4.69) is 157 Å². The second-order valence-electron chi connectivity index (χ2n) is 13.0. The average molecular weight is 609 g/mol. The minimum absolute atomic E-state index is 0.384. The fourth-order valence-electron chi connectivity index (χ4n) is 7.61. The Kier molecular flexibility index (Phi) is 10.3. The van der Waals surface area contributed by atoms with E-state index in [1.807, 2.05) is 0 Å². The first kappa shape index (κ1) is 31.8. The second-order valence-corrected chi connectivity index (χ2v) is 13.0. The monoisotopic (exact) mass is 608 g/mol. The Hall–Kier alpha value is -4.18. The number of benzene rings is 5. The minimum atomic E-state index is -0.693. The number of phenolic OH excluding ortho intramolecular Hbond substituents is 1. The Morgan fingerprint density at radius 1 is 0.739 bits per heavy atom. The van der Waals surface area contributed by atoms with Gasteiger partial charge in [0.2, 0.25) is 0 Å². The molecule has 0 aliphatic carbocycles. The summed E-state index contributed by atoms with van der Waals surface area (Å²) in [5.74, 6) is 0.384. The Bertz CT molecular complexity index is 1560. The number of aromatic hydroxyl groups is 1. The Balaban J connectivity index is 1.47. The zero-order valence-electron chi connectivity index (χ0n) is 27.5. The number of unbranched alkanes of at least 4 members (excludes halogenated alkanes) is 1. The second kappa shape index (κ2) is 14.9. The molecular weight excluding hydrogens is 560 g/mol. The fourth-order valence-corrected chi connectivity index (χ4v) is 7.61. The lowest BCUT2D eigenvalue weighted by Crippen LogP contribution is -2.40. The highest BCUT2D eigenvalue weighted by Crippen LogP contribution is 2.49. The predicted molar refractivity (Wildman–Crippen MR) is 191 cm³/mol. The normalized spacial score (nSPS) is 15.4. The highest BCUT2D eigenvalue weighted by molar-refractivity contribution is 5.64. The maximum absolute atomic E-state index is 12.5. The lowest BCUT2D eigenvalue weighted by Gasteiger charge is -2.38. The first-order chi connectivity index (χ1) is 22.6. The van der Waals surface area contributed by atoms with Gasteiger partial charge in [0, 0.05) is 36.8 Å². The van der Waals surface area contributed by atoms with Crippen LogP contribution in [0.3, 0.4) is 0 Å². The van der Waals surface area contributed by atoms with Gasteiger partial charge in [-0.2, -0.15) is 0 Å². The molecule has 0 aromatic heterocycles. The summed E-state index contributed by atoms with van der Waals surface area (Å²) in [5.41, 5.74) is 7.09. The molecule has 5 aromatic rings. The van der Waals surface area contributed by atoms with Gasteiger partial charge < -0.3 is 5.11 Å². The van der Waals surface area contributed by atoms with Crippen LogP contribution in [0.5, 0.6) is 5.75 Å². The topological polar surface area (TPSA) is 26.7 Å². The van der Waals surface area contributed by atoms with E-state index in [0.717, 1.165) is 46.5 Å². The molecule has 236 valence electrons. The third-order valence-corrected chi connectivity index (χ3v) is 9.77. The fraction of sp³-hybridized carbons (Fsp3) is 0.302. The molecular formula is C43H48N2O. The molecule has 6 rings (SSSR count). The van der Waals surface area contributed by atoms with Crippen LogP contribution < -0.4 is 0 Å². The summed E-state index contributed by atoms with van der Waals surface area (Å²) in [5, 5.41) is 12.5. The van der Waals surface area contributed by atoms with Crippen molar-refractivity contribution in [2.75, 3.05) is 19.6 Å². The largest absolute Gasteiger partial charge is 0.507 e. The first-order valence-electron chi connectivity index (χ1n) is 17.1. The van der Waals surface area contributed by atoms with Crippen molar-refractivity contribution in [2.24, 2.45) is 0 Å². The third kappa shape index (κ3) is 6.82. The highest BCUT2D eigenvalue weighted by atomic mass is 16.3. The number of rotatable bonds is 13. The number of aryl methyl sites for hydroxylation is 1. The summed E-state index contributed by atoms with van der Waals surface area (Å²) in [7, 11) is 0. The summed E-state index contributed by atoms with van der Waals surface area (Å²) >= 11 is 0. The van der Waals surface area contributed by atoms with Gasteiger partial charge in [0.25, 0.3) is 0 Å².